The van der Waals surface area contributed by atoms with Crippen LogP contribution in [0.3, 0.4) is 0 Å². The van der Waals surface area contributed by atoms with Crippen LogP contribution in [0, 0.1) is 0 Å². The highest BCUT2D eigenvalue weighted by atomic mass is 32.2. The van der Waals surface area contributed by atoms with Crippen LogP contribution in [0.1, 0.15) is 10.4 Å². The van der Waals surface area contributed by atoms with Gasteiger partial charge < -0.3 is 9.64 Å². The van der Waals surface area contributed by atoms with Gasteiger partial charge in [0, 0.05) is 14.1 Å². The lowest BCUT2D eigenvalue weighted by Gasteiger charge is -2.15. The predicted octanol–water partition coefficient (Wildman–Crippen LogP) is 3.09. The van der Waals surface area contributed by atoms with E-state index in [0.717, 1.165) is 24.3 Å². The third-order valence-corrected chi connectivity index (χ3v) is 4.56. The topological polar surface area (TPSA) is 75.7 Å². The van der Waals surface area contributed by atoms with Crippen molar-refractivity contribution in [2.24, 2.45) is 0 Å². The largest absolute Gasteiger partial charge is 0.573 e. The first-order valence-electron chi connectivity index (χ1n) is 7.19. The smallest absolute Gasteiger partial charge is 0.406 e. The van der Waals surface area contributed by atoms with Crippen LogP contribution in [0.5, 0.6) is 5.75 Å². The number of nitrogens with zero attached hydrogens (tertiary/aromatic N) is 1. The molecule has 0 heterocycles. The van der Waals surface area contributed by atoms with E-state index in [2.05, 4.69) is 9.46 Å². The van der Waals surface area contributed by atoms with E-state index in [1.165, 1.54) is 31.1 Å². The van der Waals surface area contributed by atoms with E-state index in [1.54, 1.807) is 12.1 Å². The van der Waals surface area contributed by atoms with Crippen LogP contribution < -0.4 is 9.46 Å². The second-order valence-electron chi connectivity index (χ2n) is 5.37. The molecule has 26 heavy (non-hydrogen) atoms. The zero-order valence-electron chi connectivity index (χ0n) is 13.7. The summed E-state index contributed by atoms with van der Waals surface area (Å²) in [6.07, 6.45) is -4.87. The number of carbonyl (C=O) groups is 1. The van der Waals surface area contributed by atoms with E-state index in [4.69, 9.17) is 0 Å². The molecule has 0 fully saturated rings. The van der Waals surface area contributed by atoms with Gasteiger partial charge in [0.05, 0.1) is 16.1 Å². The fourth-order valence-electron chi connectivity index (χ4n) is 2.02. The van der Waals surface area contributed by atoms with Crippen LogP contribution in [-0.2, 0) is 10.0 Å². The van der Waals surface area contributed by atoms with E-state index in [9.17, 15) is 26.4 Å². The van der Waals surface area contributed by atoms with Gasteiger partial charge in [0.2, 0.25) is 0 Å². The Morgan fingerprint density at radius 3 is 2.15 bits per heavy atom. The standard InChI is InChI=1S/C16H15F3N2O4S/c1-21(2)15(22)13-5-3-4-6-14(13)20-26(23,24)12-9-7-11(8-10-12)25-16(17,18)19/h3-10,20H,1-2H3. The Kier molecular flexibility index (Phi) is 5.45. The number of sulfonamides is 1. The molecule has 140 valence electrons. The minimum Gasteiger partial charge on any atom is -0.406 e. The Labute approximate surface area is 148 Å². The Morgan fingerprint density at radius 2 is 1.62 bits per heavy atom. The second-order valence-corrected chi connectivity index (χ2v) is 7.05. The van der Waals surface area contributed by atoms with Crippen LogP contribution >= 0.6 is 0 Å². The van der Waals surface area contributed by atoms with E-state index < -0.39 is 28.0 Å². The lowest BCUT2D eigenvalue weighted by Crippen LogP contribution is -2.24. The minimum atomic E-state index is -4.87. The molecule has 0 radical (unpaired) electrons. The summed E-state index contributed by atoms with van der Waals surface area (Å²) in [4.78, 5) is 13.1. The first-order chi connectivity index (χ1) is 12.0. The molecule has 0 spiro atoms. The number of anilines is 1. The molecule has 0 unspecified atom stereocenters. The van der Waals surface area contributed by atoms with Gasteiger partial charge >= 0.3 is 6.36 Å². The number of halogens is 3. The van der Waals surface area contributed by atoms with Crippen LogP contribution in [-0.4, -0.2) is 39.7 Å². The molecule has 0 aliphatic rings. The molecule has 0 aromatic heterocycles. The van der Waals surface area contributed by atoms with Crippen LogP contribution in [0.15, 0.2) is 53.4 Å². The van der Waals surface area contributed by atoms with Gasteiger partial charge in [-0.1, -0.05) is 12.1 Å². The average Bonchev–Trinajstić information content (AvgIpc) is 2.53. The molecule has 0 atom stereocenters. The van der Waals surface area contributed by atoms with Crippen molar-refractivity contribution in [1.29, 1.82) is 0 Å². The number of carbonyl (C=O) groups excluding carboxylic acids is 1. The van der Waals surface area contributed by atoms with E-state index in [1.807, 2.05) is 0 Å². The van der Waals surface area contributed by atoms with E-state index in [-0.39, 0.29) is 16.1 Å². The predicted molar refractivity (Wildman–Crippen MR) is 88.4 cm³/mol. The molecule has 0 aliphatic heterocycles. The summed E-state index contributed by atoms with van der Waals surface area (Å²) in [5.74, 6) is -0.947. The number of nitrogens with one attached hydrogen (secondary N) is 1. The second kappa shape index (κ2) is 7.24. The van der Waals surface area contributed by atoms with Crippen molar-refractivity contribution in [3.05, 3.63) is 54.1 Å². The van der Waals surface area contributed by atoms with Gasteiger partial charge in [0.25, 0.3) is 15.9 Å². The van der Waals surface area contributed by atoms with Gasteiger partial charge in [0.15, 0.2) is 0 Å². The zero-order valence-corrected chi connectivity index (χ0v) is 14.6. The summed E-state index contributed by atoms with van der Waals surface area (Å²) in [7, 11) is -1.07. The SMILES string of the molecule is CN(C)C(=O)c1ccccc1NS(=O)(=O)c1ccc(OC(F)(F)F)cc1. The number of hydrogen-bond acceptors (Lipinski definition) is 4. The van der Waals surface area contributed by atoms with Crippen molar-refractivity contribution in [1.82, 2.24) is 4.90 Å². The lowest BCUT2D eigenvalue weighted by atomic mass is 10.1. The summed E-state index contributed by atoms with van der Waals surface area (Å²) >= 11 is 0. The fraction of sp³-hybridized carbons (Fsp3) is 0.188. The van der Waals surface area contributed by atoms with E-state index >= 15 is 0 Å². The fourth-order valence-corrected chi connectivity index (χ4v) is 3.10. The van der Waals surface area contributed by atoms with Gasteiger partial charge in [-0.05, 0) is 36.4 Å². The Balaban J connectivity index is 2.29. The monoisotopic (exact) mass is 388 g/mol. The molecule has 10 heteroatoms. The summed E-state index contributed by atoms with van der Waals surface area (Å²) < 4.78 is 67.3. The molecular weight excluding hydrogens is 373 g/mol. The van der Waals surface area contributed by atoms with Crippen LogP contribution in [0.25, 0.3) is 0 Å². The number of benzene rings is 2. The maximum absolute atomic E-state index is 12.4. The molecule has 0 bridgehead atoms. The van der Waals surface area contributed by atoms with Crippen molar-refractivity contribution in [3.8, 4) is 5.75 Å². The molecular formula is C16H15F3N2O4S. The molecule has 2 aromatic carbocycles. The summed E-state index contributed by atoms with van der Waals surface area (Å²) in [6.45, 7) is 0. The lowest BCUT2D eigenvalue weighted by molar-refractivity contribution is -0.274. The van der Waals surface area contributed by atoms with Crippen molar-refractivity contribution in [2.45, 2.75) is 11.3 Å². The van der Waals surface area contributed by atoms with Gasteiger partial charge in [0.1, 0.15) is 5.75 Å². The van der Waals surface area contributed by atoms with Gasteiger partial charge in [-0.25, -0.2) is 8.42 Å². The third kappa shape index (κ3) is 4.88. The van der Waals surface area contributed by atoms with Gasteiger partial charge in [-0.3, -0.25) is 9.52 Å². The number of hydrogen-bond donors (Lipinski definition) is 1. The molecule has 6 nitrogen and oxygen atoms in total. The number of alkyl halides is 3. The summed E-state index contributed by atoms with van der Waals surface area (Å²) in [5, 5.41) is 0. The molecule has 2 rings (SSSR count). The molecule has 0 saturated carbocycles. The average molecular weight is 388 g/mol. The van der Waals surface area contributed by atoms with E-state index in [0.29, 0.717) is 0 Å². The summed E-state index contributed by atoms with van der Waals surface area (Å²) in [6, 6.07) is 9.72. The first-order valence-corrected chi connectivity index (χ1v) is 8.67. The maximum atomic E-state index is 12.4. The van der Waals surface area contributed by atoms with Crippen molar-refractivity contribution < 1.29 is 31.1 Å². The molecule has 0 aliphatic carbocycles. The Bertz CT molecular complexity index is 894. The quantitative estimate of drug-likeness (QED) is 0.854. The Morgan fingerprint density at radius 1 is 1.04 bits per heavy atom. The molecule has 1 amide bonds. The van der Waals surface area contributed by atoms with Crippen LogP contribution in [0.4, 0.5) is 18.9 Å². The number of amides is 1. The number of para-hydroxylation sites is 1. The zero-order chi connectivity index (χ0) is 19.5. The van der Waals surface area contributed by atoms with Crippen molar-refractivity contribution >= 4 is 21.6 Å². The molecule has 2 aromatic rings. The minimum absolute atomic E-state index is 0.0572. The van der Waals surface area contributed by atoms with Gasteiger partial charge in [-0.15, -0.1) is 13.2 Å². The Hall–Kier alpha value is -2.75. The first kappa shape index (κ1) is 19.6. The van der Waals surface area contributed by atoms with Gasteiger partial charge in [-0.2, -0.15) is 0 Å². The normalized spacial score (nSPS) is 11.7. The van der Waals surface area contributed by atoms with Crippen molar-refractivity contribution in [2.75, 3.05) is 18.8 Å². The maximum Gasteiger partial charge on any atom is 0.573 e. The molecule has 0 saturated heterocycles. The third-order valence-electron chi connectivity index (χ3n) is 3.18. The highest BCUT2D eigenvalue weighted by molar-refractivity contribution is 7.92. The summed E-state index contributed by atoms with van der Waals surface area (Å²) in [5.41, 5.74) is 0.194. The molecule has 1 N–H and O–H groups in total. The van der Waals surface area contributed by atoms with Crippen LogP contribution in [0.2, 0.25) is 0 Å². The number of rotatable bonds is 5. The highest BCUT2D eigenvalue weighted by Crippen LogP contribution is 2.25. The van der Waals surface area contributed by atoms with Crippen molar-refractivity contribution in [3.63, 3.8) is 0 Å². The number of ether oxygens (including phenoxy) is 1. The highest BCUT2D eigenvalue weighted by Gasteiger charge is 2.31.